The van der Waals surface area contributed by atoms with E-state index in [1.54, 1.807) is 12.1 Å². The van der Waals surface area contributed by atoms with E-state index in [4.69, 9.17) is 35.4 Å². The van der Waals surface area contributed by atoms with Gasteiger partial charge >= 0.3 is 0 Å². The maximum absolute atomic E-state index is 6.12. The van der Waals surface area contributed by atoms with E-state index in [1.165, 1.54) is 12.8 Å². The molecule has 1 heterocycles. The summed E-state index contributed by atoms with van der Waals surface area (Å²) in [6, 6.07) is 5.37. The van der Waals surface area contributed by atoms with Crippen LogP contribution in [0.2, 0.25) is 10.0 Å². The van der Waals surface area contributed by atoms with Gasteiger partial charge in [-0.3, -0.25) is 0 Å². The average Bonchev–Trinajstić information content (AvgIpc) is 2.32. The maximum atomic E-state index is 6.12. The van der Waals surface area contributed by atoms with E-state index in [2.05, 4.69) is 17.1 Å². The summed E-state index contributed by atoms with van der Waals surface area (Å²) in [5.74, 6) is 0.694. The van der Waals surface area contributed by atoms with Crippen LogP contribution < -0.4 is 5.32 Å². The van der Waals surface area contributed by atoms with Gasteiger partial charge in [0.05, 0.1) is 10.7 Å². The van der Waals surface area contributed by atoms with Gasteiger partial charge in [-0.2, -0.15) is 0 Å². The minimum Gasteiger partial charge on any atom is -0.349 e. The van der Waals surface area contributed by atoms with Crippen molar-refractivity contribution < 1.29 is 0 Å². The Hall–Kier alpha value is -0.510. The van der Waals surface area contributed by atoms with E-state index in [0.717, 1.165) is 23.9 Å². The van der Waals surface area contributed by atoms with Gasteiger partial charge in [0.1, 0.15) is 0 Å². The highest BCUT2D eigenvalue weighted by Gasteiger charge is 2.18. The summed E-state index contributed by atoms with van der Waals surface area (Å²) in [5.41, 5.74) is 0.810. The lowest BCUT2D eigenvalue weighted by Gasteiger charge is -2.33. The fourth-order valence-corrected chi connectivity index (χ4v) is 2.89. The molecule has 2 nitrogen and oxygen atoms in total. The second-order valence-electron chi connectivity index (χ2n) is 4.75. The number of likely N-dealkylation sites (tertiary alicyclic amines) is 1. The number of benzene rings is 1. The Morgan fingerprint density at radius 3 is 2.89 bits per heavy atom. The molecule has 1 aliphatic rings. The number of nitrogens with one attached hydrogen (secondary N) is 1. The molecule has 1 aromatic rings. The Bertz CT molecular complexity index is 451. The van der Waals surface area contributed by atoms with Gasteiger partial charge in [0.15, 0.2) is 5.11 Å². The van der Waals surface area contributed by atoms with Crippen molar-refractivity contribution in [2.75, 3.05) is 18.4 Å². The molecule has 0 saturated carbocycles. The van der Waals surface area contributed by atoms with Crippen LogP contribution in [-0.4, -0.2) is 23.1 Å². The van der Waals surface area contributed by atoms with Crippen LogP contribution in [0.3, 0.4) is 0 Å². The fraction of sp³-hybridized carbons (Fsp3) is 0.462. The summed E-state index contributed by atoms with van der Waals surface area (Å²) in [6.45, 7) is 4.28. The summed E-state index contributed by atoms with van der Waals surface area (Å²) in [6.07, 6.45) is 2.47. The second-order valence-corrected chi connectivity index (χ2v) is 5.98. The molecule has 1 atom stereocenters. The maximum Gasteiger partial charge on any atom is 0.173 e. The van der Waals surface area contributed by atoms with Crippen molar-refractivity contribution in [2.24, 2.45) is 5.92 Å². The zero-order valence-corrected chi connectivity index (χ0v) is 12.6. The number of piperidine rings is 1. The molecule has 0 aromatic heterocycles. The third kappa shape index (κ3) is 3.50. The van der Waals surface area contributed by atoms with Crippen molar-refractivity contribution in [1.82, 2.24) is 4.90 Å². The van der Waals surface area contributed by atoms with Crippen LogP contribution in [0.5, 0.6) is 0 Å². The van der Waals surface area contributed by atoms with Crippen molar-refractivity contribution in [3.8, 4) is 0 Å². The Morgan fingerprint density at radius 2 is 2.22 bits per heavy atom. The molecule has 0 aliphatic carbocycles. The number of anilines is 1. The predicted octanol–water partition coefficient (Wildman–Crippen LogP) is 4.42. The molecule has 0 amide bonds. The summed E-state index contributed by atoms with van der Waals surface area (Å²) in [4.78, 5) is 2.20. The fourth-order valence-electron chi connectivity index (χ4n) is 2.16. The quantitative estimate of drug-likeness (QED) is 0.773. The SMILES string of the molecule is CC1CCCN(C(=S)Nc2ccc(Cl)cc2Cl)C1. The molecule has 1 N–H and O–H groups in total. The lowest BCUT2D eigenvalue weighted by Crippen LogP contribution is -2.41. The zero-order chi connectivity index (χ0) is 13.1. The largest absolute Gasteiger partial charge is 0.349 e. The van der Waals surface area contributed by atoms with Crippen molar-refractivity contribution >= 4 is 46.2 Å². The van der Waals surface area contributed by atoms with Crippen LogP contribution >= 0.6 is 35.4 Å². The second kappa shape index (κ2) is 6.09. The molecule has 1 aromatic carbocycles. The number of halogens is 2. The van der Waals surface area contributed by atoms with Gasteiger partial charge in [-0.25, -0.2) is 0 Å². The Labute approximate surface area is 123 Å². The van der Waals surface area contributed by atoms with Gasteiger partial charge in [-0.1, -0.05) is 30.1 Å². The van der Waals surface area contributed by atoms with E-state index in [1.807, 2.05) is 6.07 Å². The molecular formula is C13H16Cl2N2S. The van der Waals surface area contributed by atoms with E-state index in [-0.39, 0.29) is 0 Å². The zero-order valence-electron chi connectivity index (χ0n) is 10.2. The van der Waals surface area contributed by atoms with E-state index < -0.39 is 0 Å². The highest BCUT2D eigenvalue weighted by Crippen LogP contribution is 2.26. The molecule has 98 valence electrons. The first-order valence-corrected chi connectivity index (χ1v) is 7.23. The van der Waals surface area contributed by atoms with E-state index in [9.17, 15) is 0 Å². The van der Waals surface area contributed by atoms with Gasteiger partial charge < -0.3 is 10.2 Å². The standard InChI is InChI=1S/C13H16Cl2N2S/c1-9-3-2-6-17(8-9)13(18)16-12-5-4-10(14)7-11(12)15/h4-5,7,9H,2-3,6,8H2,1H3,(H,16,18). The highest BCUT2D eigenvalue weighted by atomic mass is 35.5. The molecule has 1 unspecified atom stereocenters. The minimum absolute atomic E-state index is 0.593. The molecule has 1 fully saturated rings. The summed E-state index contributed by atoms with van der Waals surface area (Å²) >= 11 is 17.4. The van der Waals surface area contributed by atoms with E-state index in [0.29, 0.717) is 16.0 Å². The van der Waals surface area contributed by atoms with Crippen molar-refractivity contribution in [3.63, 3.8) is 0 Å². The van der Waals surface area contributed by atoms with Gasteiger partial charge in [0, 0.05) is 18.1 Å². The molecular weight excluding hydrogens is 287 g/mol. The third-order valence-corrected chi connectivity index (χ3v) is 4.03. The first-order valence-electron chi connectivity index (χ1n) is 6.07. The van der Waals surface area contributed by atoms with Crippen LogP contribution in [0, 0.1) is 5.92 Å². The first-order chi connectivity index (χ1) is 8.56. The average molecular weight is 303 g/mol. The van der Waals surface area contributed by atoms with Crippen LogP contribution in [-0.2, 0) is 0 Å². The smallest absolute Gasteiger partial charge is 0.173 e. The van der Waals surface area contributed by atoms with Crippen molar-refractivity contribution in [1.29, 1.82) is 0 Å². The number of thiocarbonyl (C=S) groups is 1. The summed E-state index contributed by atoms with van der Waals surface area (Å²) in [5, 5.41) is 5.16. The highest BCUT2D eigenvalue weighted by molar-refractivity contribution is 7.80. The van der Waals surface area contributed by atoms with Crippen LogP contribution in [0.1, 0.15) is 19.8 Å². The van der Waals surface area contributed by atoms with Crippen molar-refractivity contribution in [2.45, 2.75) is 19.8 Å². The monoisotopic (exact) mass is 302 g/mol. The molecule has 0 spiro atoms. The Morgan fingerprint density at radius 1 is 1.44 bits per heavy atom. The molecule has 1 saturated heterocycles. The topological polar surface area (TPSA) is 15.3 Å². The third-order valence-electron chi connectivity index (χ3n) is 3.12. The van der Waals surface area contributed by atoms with Gasteiger partial charge in [-0.15, -0.1) is 0 Å². The number of nitrogens with zero attached hydrogens (tertiary/aromatic N) is 1. The van der Waals surface area contributed by atoms with Gasteiger partial charge in [0.2, 0.25) is 0 Å². The lowest BCUT2D eigenvalue weighted by molar-refractivity contribution is 0.276. The summed E-state index contributed by atoms with van der Waals surface area (Å²) < 4.78 is 0. The van der Waals surface area contributed by atoms with Crippen LogP contribution in [0.15, 0.2) is 18.2 Å². The molecule has 1 aliphatic heterocycles. The molecule has 0 radical (unpaired) electrons. The molecule has 2 rings (SSSR count). The molecule has 5 heteroatoms. The van der Waals surface area contributed by atoms with Crippen molar-refractivity contribution in [3.05, 3.63) is 28.2 Å². The van der Waals surface area contributed by atoms with Crippen LogP contribution in [0.25, 0.3) is 0 Å². The lowest BCUT2D eigenvalue weighted by atomic mass is 10.0. The summed E-state index contributed by atoms with van der Waals surface area (Å²) in [7, 11) is 0. The predicted molar refractivity (Wildman–Crippen MR) is 82.7 cm³/mol. The molecule has 18 heavy (non-hydrogen) atoms. The Balaban J connectivity index is 2.02. The number of hydrogen-bond acceptors (Lipinski definition) is 1. The van der Waals surface area contributed by atoms with E-state index >= 15 is 0 Å². The normalized spacial score (nSPS) is 19.7. The number of hydrogen-bond donors (Lipinski definition) is 1. The molecule has 0 bridgehead atoms. The number of rotatable bonds is 1. The van der Waals surface area contributed by atoms with Crippen LogP contribution in [0.4, 0.5) is 5.69 Å². The Kier molecular flexibility index (Phi) is 4.71. The first kappa shape index (κ1) is 13.9. The van der Waals surface area contributed by atoms with Gasteiger partial charge in [-0.05, 0) is 49.2 Å². The van der Waals surface area contributed by atoms with Gasteiger partial charge in [0.25, 0.3) is 0 Å². The minimum atomic E-state index is 0.593.